The van der Waals surface area contributed by atoms with E-state index in [1.54, 1.807) is 0 Å². The van der Waals surface area contributed by atoms with Gasteiger partial charge >= 0.3 is 0 Å². The first kappa shape index (κ1) is 23.7. The Kier molecular flexibility index (Phi) is 6.43. The van der Waals surface area contributed by atoms with E-state index in [0.29, 0.717) is 0 Å². The number of nitrogens with zero attached hydrogens (tertiary/aromatic N) is 2. The monoisotopic (exact) mass is 418 g/mol. The van der Waals surface area contributed by atoms with Crippen molar-refractivity contribution < 1.29 is 0 Å². The van der Waals surface area contributed by atoms with Crippen molar-refractivity contribution in [1.29, 1.82) is 0 Å². The van der Waals surface area contributed by atoms with Gasteiger partial charge < -0.3 is 0 Å². The van der Waals surface area contributed by atoms with Crippen LogP contribution in [0, 0.1) is 0 Å². The predicted octanol–water partition coefficient (Wildman–Crippen LogP) is 7.04. The first-order valence-electron chi connectivity index (χ1n) is 10.3. The molecule has 0 fully saturated rings. The molecule has 0 bridgehead atoms. The second-order valence-corrected chi connectivity index (χ2v) is 19.3. The molecule has 0 aliphatic carbocycles. The quantitative estimate of drug-likeness (QED) is 0.489. The molecule has 156 valence electrons. The van der Waals surface area contributed by atoms with Crippen molar-refractivity contribution in [2.45, 2.75) is 104 Å². The zero-order valence-corrected chi connectivity index (χ0v) is 21.9. The highest BCUT2D eigenvalue weighted by molar-refractivity contribution is 7.74. The molecule has 2 nitrogen and oxygen atoms in total. The fourth-order valence-corrected chi connectivity index (χ4v) is 12.6. The van der Waals surface area contributed by atoms with E-state index < -0.39 is 15.8 Å². The van der Waals surface area contributed by atoms with Gasteiger partial charge in [0.15, 0.2) is 0 Å². The van der Waals surface area contributed by atoms with Crippen molar-refractivity contribution >= 4 is 37.7 Å². The summed E-state index contributed by atoms with van der Waals surface area (Å²) in [6.07, 6.45) is 0. The average Bonchev–Trinajstić information content (AvgIpc) is 2.41. The van der Waals surface area contributed by atoms with Crippen molar-refractivity contribution in [2.75, 3.05) is 0 Å². The highest BCUT2D eigenvalue weighted by atomic mass is 31.1. The first-order valence-corrected chi connectivity index (χ1v) is 13.0. The van der Waals surface area contributed by atoms with Gasteiger partial charge in [-0.05, 0) is 48.6 Å². The van der Waals surface area contributed by atoms with E-state index in [2.05, 4.69) is 107 Å². The Morgan fingerprint density at radius 2 is 0.750 bits per heavy atom. The maximum Gasteiger partial charge on any atom is 0.0907 e. The largest absolute Gasteiger partial charge is 0.244 e. The SMILES string of the molecule is CC(C)(C)P(c1nc2ccccc2nc1P(C(C)(C)C)C(C)(C)C)C(C)(C)C. The van der Waals surface area contributed by atoms with Crippen LogP contribution >= 0.6 is 15.8 Å². The lowest BCUT2D eigenvalue weighted by atomic mass is 10.2. The molecule has 1 heterocycles. The van der Waals surface area contributed by atoms with E-state index in [1.165, 1.54) is 10.9 Å². The van der Waals surface area contributed by atoms with Gasteiger partial charge in [-0.2, -0.15) is 0 Å². The lowest BCUT2D eigenvalue weighted by Gasteiger charge is -2.46. The second kappa shape index (κ2) is 7.59. The Labute approximate surface area is 175 Å². The van der Waals surface area contributed by atoms with Crippen LogP contribution in [0.25, 0.3) is 11.0 Å². The summed E-state index contributed by atoms with van der Waals surface area (Å²) in [5, 5.41) is 0.652. The third-order valence-corrected chi connectivity index (χ3v) is 11.7. The van der Waals surface area contributed by atoms with Crippen LogP contribution in [0.1, 0.15) is 83.1 Å². The molecule has 4 heteroatoms. The van der Waals surface area contributed by atoms with Gasteiger partial charge in [0.2, 0.25) is 0 Å². The van der Waals surface area contributed by atoms with Crippen LogP contribution in [0.2, 0.25) is 0 Å². The van der Waals surface area contributed by atoms with Crippen molar-refractivity contribution in [3.63, 3.8) is 0 Å². The van der Waals surface area contributed by atoms with Crippen LogP contribution in [0.3, 0.4) is 0 Å². The van der Waals surface area contributed by atoms with Crippen LogP contribution in [0.5, 0.6) is 0 Å². The summed E-state index contributed by atoms with van der Waals surface area (Å²) >= 11 is 0. The molecule has 0 radical (unpaired) electrons. The topological polar surface area (TPSA) is 25.8 Å². The van der Waals surface area contributed by atoms with Crippen LogP contribution in [0.4, 0.5) is 0 Å². The fourth-order valence-electron chi connectivity index (χ4n) is 4.56. The molecule has 2 rings (SSSR count). The van der Waals surface area contributed by atoms with Crippen LogP contribution < -0.4 is 10.9 Å². The smallest absolute Gasteiger partial charge is 0.0907 e. The highest BCUT2D eigenvalue weighted by Crippen LogP contribution is 2.62. The summed E-state index contributed by atoms with van der Waals surface area (Å²) in [5.74, 6) is 0. The minimum absolute atomic E-state index is 0.163. The van der Waals surface area contributed by atoms with E-state index in [0.717, 1.165) is 11.0 Å². The van der Waals surface area contributed by atoms with Gasteiger partial charge in [-0.1, -0.05) is 95.2 Å². The van der Waals surface area contributed by atoms with Gasteiger partial charge in [0, 0.05) is 0 Å². The predicted molar refractivity (Wildman–Crippen MR) is 132 cm³/mol. The van der Waals surface area contributed by atoms with E-state index in [4.69, 9.17) is 9.97 Å². The third-order valence-electron chi connectivity index (χ3n) is 4.64. The average molecular weight is 419 g/mol. The minimum Gasteiger partial charge on any atom is -0.244 e. The molecular formula is C24H40N2P2. The summed E-state index contributed by atoms with van der Waals surface area (Å²) in [6.45, 7) is 28.5. The Bertz CT molecular complexity index is 732. The minimum atomic E-state index is -0.516. The van der Waals surface area contributed by atoms with Crippen LogP contribution in [-0.4, -0.2) is 30.6 Å². The highest BCUT2D eigenvalue weighted by Gasteiger charge is 2.44. The summed E-state index contributed by atoms with van der Waals surface area (Å²) in [7, 11) is -1.03. The molecule has 0 saturated heterocycles. The van der Waals surface area contributed by atoms with E-state index in [1.807, 2.05) is 0 Å². The molecule has 0 unspecified atom stereocenters. The first-order chi connectivity index (χ1) is 12.4. The Morgan fingerprint density at radius 1 is 0.500 bits per heavy atom. The summed E-state index contributed by atoms with van der Waals surface area (Å²) in [4.78, 5) is 10.7. The fraction of sp³-hybridized carbons (Fsp3) is 0.667. The Morgan fingerprint density at radius 3 is 0.964 bits per heavy atom. The van der Waals surface area contributed by atoms with Gasteiger partial charge in [0.05, 0.1) is 21.9 Å². The number of hydrogen-bond acceptors (Lipinski definition) is 2. The summed E-state index contributed by atoms with van der Waals surface area (Å²) < 4.78 is 0. The number of aromatic nitrogens is 2. The molecule has 1 aromatic heterocycles. The van der Waals surface area contributed by atoms with Crippen LogP contribution in [-0.2, 0) is 0 Å². The van der Waals surface area contributed by atoms with Gasteiger partial charge in [0.1, 0.15) is 0 Å². The molecule has 1 aromatic carbocycles. The maximum atomic E-state index is 5.34. The number of para-hydroxylation sites is 2. The van der Waals surface area contributed by atoms with Crippen molar-refractivity contribution in [3.8, 4) is 0 Å². The standard InChI is InChI=1S/C24H40N2P2/c1-21(2,3)27(22(4,5)6)19-20(28(23(7,8)9)24(10,11)12)26-18-16-14-13-15-17(18)25-19/h13-16H,1-12H3. The molecule has 0 saturated carbocycles. The van der Waals surface area contributed by atoms with E-state index >= 15 is 0 Å². The zero-order valence-electron chi connectivity index (χ0n) is 20.1. The Hall–Kier alpha value is -0.580. The third kappa shape index (κ3) is 5.12. The lowest BCUT2D eigenvalue weighted by Crippen LogP contribution is -2.44. The lowest BCUT2D eigenvalue weighted by molar-refractivity contribution is 0.710. The summed E-state index contributed by atoms with van der Waals surface area (Å²) in [5.41, 5.74) is 4.62. The molecule has 0 amide bonds. The van der Waals surface area contributed by atoms with Crippen molar-refractivity contribution in [3.05, 3.63) is 24.3 Å². The number of hydrogen-bond donors (Lipinski definition) is 0. The molecule has 0 aliphatic heterocycles. The van der Waals surface area contributed by atoms with Crippen molar-refractivity contribution in [1.82, 2.24) is 9.97 Å². The van der Waals surface area contributed by atoms with Gasteiger partial charge in [-0.15, -0.1) is 0 Å². The molecule has 0 aliphatic rings. The van der Waals surface area contributed by atoms with E-state index in [-0.39, 0.29) is 20.6 Å². The zero-order chi connectivity index (χ0) is 21.7. The number of rotatable bonds is 2. The van der Waals surface area contributed by atoms with Gasteiger partial charge in [-0.25, -0.2) is 9.97 Å². The maximum absolute atomic E-state index is 5.34. The number of benzene rings is 1. The molecule has 2 aromatic rings. The molecule has 0 N–H and O–H groups in total. The summed E-state index contributed by atoms with van der Waals surface area (Å²) in [6, 6.07) is 8.39. The number of fused-ring (bicyclic) bond motifs is 1. The van der Waals surface area contributed by atoms with Crippen LogP contribution in [0.15, 0.2) is 24.3 Å². The van der Waals surface area contributed by atoms with E-state index in [9.17, 15) is 0 Å². The molecule has 0 spiro atoms. The van der Waals surface area contributed by atoms with Crippen molar-refractivity contribution in [2.24, 2.45) is 0 Å². The van der Waals surface area contributed by atoms with Gasteiger partial charge in [0.25, 0.3) is 0 Å². The molecular weight excluding hydrogens is 378 g/mol. The normalized spacial score (nSPS) is 14.4. The Balaban J connectivity index is 2.96. The second-order valence-electron chi connectivity index (χ2n) is 11.7. The molecule has 28 heavy (non-hydrogen) atoms. The van der Waals surface area contributed by atoms with Gasteiger partial charge in [-0.3, -0.25) is 0 Å². The molecule has 0 atom stereocenters.